The number of aliphatic hydroxyl groups excluding tert-OH is 1. The minimum Gasteiger partial charge on any atom is -0.478 e. The van der Waals surface area contributed by atoms with Crippen molar-refractivity contribution in [1.82, 2.24) is 19.2 Å². The molecule has 0 bridgehead atoms. The summed E-state index contributed by atoms with van der Waals surface area (Å²) in [5, 5.41) is 65.0. The molecule has 9 N–H and O–H groups in total. The molecule has 15 rings (SSSR count). The van der Waals surface area contributed by atoms with E-state index in [9.17, 15) is 62.1 Å². The average Bonchev–Trinajstić information content (AvgIpc) is 1.63. The lowest BCUT2D eigenvalue weighted by Crippen LogP contribution is -2.48. The summed E-state index contributed by atoms with van der Waals surface area (Å²) in [6.07, 6.45) is 3.37. The molecule has 3 atom stereocenters. The molecule has 6 heterocycles. The van der Waals surface area contributed by atoms with Crippen molar-refractivity contribution in [2.45, 2.75) is 61.5 Å². The highest BCUT2D eigenvalue weighted by molar-refractivity contribution is 7.82. The van der Waals surface area contributed by atoms with Crippen LogP contribution in [0.1, 0.15) is 77.8 Å². The Hall–Kier alpha value is -18.3. The van der Waals surface area contributed by atoms with Crippen LogP contribution in [0.5, 0.6) is 11.5 Å². The number of nitriles is 1. The van der Waals surface area contributed by atoms with Crippen LogP contribution >= 0.6 is 0 Å². The molecule has 2 aromatic heterocycles. The van der Waals surface area contributed by atoms with Crippen LogP contribution in [0.2, 0.25) is 0 Å². The number of carbonyl (C=O) groups is 7. The highest BCUT2D eigenvalue weighted by atomic mass is 32.2. The van der Waals surface area contributed by atoms with E-state index in [1.165, 1.54) is 48.8 Å². The minimum atomic E-state index is -2.05. The molecule has 726 valence electrons. The van der Waals surface area contributed by atoms with Crippen molar-refractivity contribution in [2.24, 2.45) is 31.1 Å². The molecule has 6 amide bonds. The summed E-state index contributed by atoms with van der Waals surface area (Å²) in [7, 11) is 12.9. The number of H-pyrrole nitrogens is 1. The Morgan fingerprint density at radius 1 is 0.636 bits per heavy atom. The first-order chi connectivity index (χ1) is 68.3. The zero-order valence-corrected chi connectivity index (χ0v) is 81.0. The van der Waals surface area contributed by atoms with Crippen molar-refractivity contribution < 1.29 is 75.8 Å². The van der Waals surface area contributed by atoms with E-state index in [2.05, 4.69) is 70.4 Å². The lowest BCUT2D eigenvalue weighted by molar-refractivity contribution is -0.253. The van der Waals surface area contributed by atoms with E-state index < -0.39 is 75.9 Å². The SMILES string of the molecule is CC1=NN(c2ccc(COO)cc2)C(=O)C1=Cc1ccc(N(C)C)cc1.CC1=c2c([nH]n(C(O)O)c2=O)=NC(=O)C1=Nc1ccc(N(C)C)cc1.Cc1ccc(NS(=O)Oc2ccc(NS(=O)Oc3ccc(NN=C4C(=O)N(C)C(=O)C(=C=N)C4C)cc3)cc2)cc1.[C-]#[N+]C([N+]#[C-])=C(C#N)c1ccn(-c2ccc(C)cc2)c1.[C-]#[N+]C1=C(C)C(=Nc2ccc(N(C)C)cc2C)C(=O)N(c2cccc(C(=O)O)c2)C1=O. The molecule has 0 saturated carbocycles. The van der Waals surface area contributed by atoms with E-state index >= 15 is 0 Å². The number of hydrogen-bond donors (Lipinski definition) is 9. The third-order valence-corrected chi connectivity index (χ3v) is 23.2. The van der Waals surface area contributed by atoms with Crippen molar-refractivity contribution in [2.75, 3.05) is 88.8 Å². The van der Waals surface area contributed by atoms with Gasteiger partial charge in [0.25, 0.3) is 53.1 Å². The highest BCUT2D eigenvalue weighted by Crippen LogP contribution is 2.34. The quantitative estimate of drug-likeness (QED) is 0.00396. The number of aromatic nitrogens is 3. The fourth-order valence-corrected chi connectivity index (χ4v) is 15.1. The molecular formula is C102H94N22O17S2. The lowest BCUT2D eigenvalue weighted by Gasteiger charge is -2.27. The number of likely N-dealkylation sites (tertiary alicyclic amines) is 1. The number of aromatic carboxylic acids is 1. The average molecular weight is 1960 g/mol. The van der Waals surface area contributed by atoms with E-state index in [0.29, 0.717) is 72.7 Å². The number of amides is 6. The van der Waals surface area contributed by atoms with Crippen molar-refractivity contribution in [3.63, 3.8) is 0 Å². The lowest BCUT2D eigenvalue weighted by atomic mass is 9.91. The van der Waals surface area contributed by atoms with Crippen molar-refractivity contribution in [1.29, 1.82) is 10.7 Å². The van der Waals surface area contributed by atoms with E-state index in [1.807, 2.05) is 193 Å². The number of piperidine rings is 1. The van der Waals surface area contributed by atoms with Gasteiger partial charge in [-0.1, -0.05) is 72.6 Å². The molecule has 9 aromatic carbocycles. The summed E-state index contributed by atoms with van der Waals surface area (Å²) >= 11 is -3.72. The summed E-state index contributed by atoms with van der Waals surface area (Å²) in [5.74, 6) is -2.79. The van der Waals surface area contributed by atoms with Gasteiger partial charge in [0.15, 0.2) is 11.1 Å². The Morgan fingerprint density at radius 3 is 1.72 bits per heavy atom. The van der Waals surface area contributed by atoms with Gasteiger partial charge in [-0.25, -0.2) is 24.5 Å². The van der Waals surface area contributed by atoms with Gasteiger partial charge in [0.05, 0.1) is 68.7 Å². The molecule has 1 saturated heterocycles. The summed E-state index contributed by atoms with van der Waals surface area (Å²) in [5.41, 5.74) is 16.6. The first-order valence-corrected chi connectivity index (χ1v) is 45.1. The first kappa shape index (κ1) is 105. The maximum Gasteiger partial charge on any atom is 0.538 e. The third kappa shape index (κ3) is 25.9. The van der Waals surface area contributed by atoms with Crippen LogP contribution in [0.15, 0.2) is 289 Å². The molecule has 41 heteroatoms. The van der Waals surface area contributed by atoms with Crippen molar-refractivity contribution >= 4 is 167 Å². The second-order valence-corrected chi connectivity index (χ2v) is 33.9. The Labute approximate surface area is 825 Å². The smallest absolute Gasteiger partial charge is 0.478 e. The number of aliphatic hydroxyl groups is 2. The number of hydrogen-bond acceptors (Lipinski definition) is 26. The maximum absolute atomic E-state index is 13.3. The number of carboxylic acids is 1. The summed E-state index contributed by atoms with van der Waals surface area (Å²) in [4.78, 5) is 133. The number of allylic oxidation sites excluding steroid dienone is 1. The second-order valence-electron chi connectivity index (χ2n) is 32.2. The number of fused-ring (bicyclic) bond motifs is 1. The number of imide groups is 2. The molecule has 0 spiro atoms. The van der Waals surface area contributed by atoms with Gasteiger partial charge in [-0.3, -0.25) is 74.0 Å². The molecule has 39 nitrogen and oxygen atoms in total. The Morgan fingerprint density at radius 2 is 1.19 bits per heavy atom. The van der Waals surface area contributed by atoms with E-state index in [0.717, 1.165) is 54.8 Å². The molecule has 3 unspecified atom stereocenters. The van der Waals surface area contributed by atoms with E-state index in [4.69, 9.17) is 44.0 Å². The van der Waals surface area contributed by atoms with Crippen molar-refractivity contribution in [3.05, 3.63) is 353 Å². The Balaban J connectivity index is 0.000000174. The zero-order chi connectivity index (χ0) is 104. The van der Waals surface area contributed by atoms with Crippen molar-refractivity contribution in [3.8, 4) is 23.3 Å². The van der Waals surface area contributed by atoms with Gasteiger partial charge in [0.1, 0.15) is 48.4 Å². The fourth-order valence-electron chi connectivity index (χ4n) is 13.8. The normalized spacial score (nSPS) is 15.1. The molecule has 1 fully saturated rings. The second kappa shape index (κ2) is 47.6. The topological polar surface area (TPSA) is 483 Å². The Bertz CT molecular complexity index is 7500. The molecule has 0 aliphatic carbocycles. The van der Waals surface area contributed by atoms with E-state index in [1.54, 1.807) is 129 Å². The fraction of sp³-hybridized carbons (Fsp3) is 0.167. The number of nitrogens with zero attached hydrogens (tertiary/aromatic N) is 17. The number of carboxylic acid groups (broad SMARTS) is 1. The number of carbonyl (C=O) groups excluding carboxylic acids is 6. The molecule has 143 heavy (non-hydrogen) atoms. The number of aryl methyl sites for hydroxylation is 3. The van der Waals surface area contributed by atoms with Gasteiger partial charge >= 0.3 is 34.3 Å². The predicted octanol–water partition coefficient (Wildman–Crippen LogP) is 13.5. The zero-order valence-electron chi connectivity index (χ0n) is 79.4. The van der Waals surface area contributed by atoms with Gasteiger partial charge in [-0.05, 0) is 245 Å². The number of aromatic amines is 1. The first-order valence-electron chi connectivity index (χ1n) is 43.0. The summed E-state index contributed by atoms with van der Waals surface area (Å²) < 4.78 is 43.3. The van der Waals surface area contributed by atoms with Crippen LogP contribution in [0.4, 0.5) is 56.9 Å². The number of anilines is 8. The summed E-state index contributed by atoms with van der Waals surface area (Å²) in [6, 6.07) is 65.0. The van der Waals surface area contributed by atoms with Gasteiger partial charge < -0.3 is 43.0 Å². The van der Waals surface area contributed by atoms with Crippen LogP contribution < -0.4 is 64.1 Å². The Kier molecular flexibility index (Phi) is 35.0. The summed E-state index contributed by atoms with van der Waals surface area (Å²) in [6.45, 7) is 33.7. The van der Waals surface area contributed by atoms with Crippen LogP contribution in [-0.4, -0.2) is 168 Å². The van der Waals surface area contributed by atoms with Crippen LogP contribution in [-0.2, 0) is 62.8 Å². The van der Waals surface area contributed by atoms with Crippen LogP contribution in [0, 0.1) is 63.1 Å². The van der Waals surface area contributed by atoms with Crippen LogP contribution in [0.25, 0.3) is 37.4 Å². The minimum absolute atomic E-state index is 0.0116. The standard InChI is InChI=1S/C27H26N6O6S2.C23H20N4O4.C20H21N3O3.C16H17N5O4.C16H10N4/c1-17-4-6-20(7-5-17)31-40(36)39-23-14-10-21(11-15-23)32-41(37)38-22-12-8-19(9-13-22)29-30-25-18(2)24(16-28)26(34)33(3)27(25)35;1-13-11-16(26(4)5)9-10-18(13)25-20-14(2)19(24-3)21(28)27(22(20)29)17-8-6-7-15(12-17)23(30)31;1-14-19(12-15-4-8-17(9-5-15)22(2)3)20(24)23(21-14)18-10-6-16(7-11-18)13-26-25;1-8-11-13(19-21(15(11)23)16(24)25)18-14(22)12(8)17-9-4-6-10(7-5-9)20(2)3;1-12-4-6-14(7-5-12)20-9-8-13(11-20)15(10-17)16(18-2)19-3/h4-15,18,28-29,31-32H,1-3H3;6-12H,1-2,4-5H3,(H,30,31);4-12,25H,13H2,1-3H3;4-7,16,24-25H,1-3H3,(H,18,19,22);4-9,11H,1H3. The highest BCUT2D eigenvalue weighted by Gasteiger charge is 2.41. The van der Waals surface area contributed by atoms with E-state index in [-0.39, 0.29) is 79.8 Å². The maximum atomic E-state index is 13.3. The van der Waals surface area contributed by atoms with Gasteiger partial charge in [0.2, 0.25) is 0 Å². The molecule has 11 aromatic rings. The molecule has 4 aliphatic heterocycles. The monoisotopic (exact) mass is 1960 g/mol. The number of hydrazone groups is 2. The van der Waals surface area contributed by atoms with Gasteiger partial charge in [0, 0.05) is 107 Å². The number of benzene rings is 9. The number of likely N-dealkylation sites (N-methyl/N-ethyl adjacent to an activating group) is 1. The van der Waals surface area contributed by atoms with Gasteiger partial charge in [-0.2, -0.15) is 48.3 Å². The number of rotatable bonds is 24. The predicted molar refractivity (Wildman–Crippen MR) is 547 cm³/mol. The number of nitrogens with one attached hydrogen (secondary N) is 5. The van der Waals surface area contributed by atoms with Crippen LogP contribution in [0.3, 0.4) is 0 Å². The molecule has 4 aliphatic rings. The third-order valence-electron chi connectivity index (χ3n) is 21.7. The molecule has 0 radical (unpaired) electrons. The molecular weight excluding hydrogens is 1870 g/mol. The number of aliphatic imine (C=N–C) groups is 2. The largest absolute Gasteiger partial charge is 0.538 e. The van der Waals surface area contributed by atoms with Gasteiger partial charge in [-0.15, -0.1) is 0 Å².